The zero-order valence-corrected chi connectivity index (χ0v) is 13.6. The molecule has 0 aromatic carbocycles. The summed E-state index contributed by atoms with van der Waals surface area (Å²) in [4.78, 5) is 4.41. The Labute approximate surface area is 120 Å². The van der Waals surface area contributed by atoms with E-state index in [9.17, 15) is 0 Å². The summed E-state index contributed by atoms with van der Waals surface area (Å²) >= 11 is 6.91. The van der Waals surface area contributed by atoms with Gasteiger partial charge in [-0.1, -0.05) is 20.8 Å². The summed E-state index contributed by atoms with van der Waals surface area (Å²) in [5.74, 6) is 5.62. The van der Waals surface area contributed by atoms with Crippen LogP contribution in [0.5, 0.6) is 0 Å². The number of hydrogen-bond acceptors (Lipinski definition) is 3. The number of hydrazine groups is 1. The summed E-state index contributed by atoms with van der Waals surface area (Å²) in [6.45, 7) is 6.68. The van der Waals surface area contributed by atoms with E-state index < -0.39 is 0 Å². The van der Waals surface area contributed by atoms with Gasteiger partial charge in [0.15, 0.2) is 0 Å². The van der Waals surface area contributed by atoms with E-state index >= 15 is 0 Å². The number of nitrogens with one attached hydrogen (secondary N) is 1. The molecule has 5 heteroatoms. The number of halogens is 2. The lowest BCUT2D eigenvalue weighted by atomic mass is 9.88. The summed E-state index contributed by atoms with van der Waals surface area (Å²) in [7, 11) is 0. The molecule has 17 heavy (non-hydrogen) atoms. The van der Waals surface area contributed by atoms with E-state index in [4.69, 9.17) is 5.84 Å². The minimum Gasteiger partial charge on any atom is -0.271 e. The predicted molar refractivity (Wildman–Crippen MR) is 78.4 cm³/mol. The molecule has 1 atom stereocenters. The fourth-order valence-corrected chi connectivity index (χ4v) is 2.82. The van der Waals surface area contributed by atoms with Crippen LogP contribution in [-0.2, 0) is 0 Å². The molecule has 1 unspecified atom stereocenters. The molecule has 0 fully saturated rings. The van der Waals surface area contributed by atoms with Crippen LogP contribution in [0.1, 0.15) is 45.3 Å². The number of nitrogens with two attached hydrogens (primary N) is 1. The zero-order valence-electron chi connectivity index (χ0n) is 10.4. The van der Waals surface area contributed by atoms with Crippen molar-refractivity contribution >= 4 is 31.9 Å². The second-order valence-corrected chi connectivity index (χ2v) is 7.11. The lowest BCUT2D eigenvalue weighted by Gasteiger charge is -2.23. The average Bonchev–Trinajstić information content (AvgIpc) is 2.19. The molecule has 0 aliphatic heterocycles. The first-order valence-corrected chi connectivity index (χ1v) is 7.19. The van der Waals surface area contributed by atoms with Crippen LogP contribution in [0.2, 0.25) is 0 Å². The highest BCUT2D eigenvalue weighted by atomic mass is 79.9. The highest BCUT2D eigenvalue weighted by Gasteiger charge is 2.18. The van der Waals surface area contributed by atoms with Crippen LogP contribution >= 0.6 is 31.9 Å². The monoisotopic (exact) mass is 363 g/mol. The van der Waals surface area contributed by atoms with Gasteiger partial charge in [-0.25, -0.2) is 0 Å². The van der Waals surface area contributed by atoms with E-state index in [0.717, 1.165) is 27.5 Å². The number of pyridine rings is 1. The Morgan fingerprint density at radius 3 is 2.53 bits per heavy atom. The molecule has 3 N–H and O–H groups in total. The minimum absolute atomic E-state index is 0.0803. The van der Waals surface area contributed by atoms with E-state index in [1.165, 1.54) is 0 Å². The Morgan fingerprint density at radius 2 is 2.06 bits per heavy atom. The summed E-state index contributed by atoms with van der Waals surface area (Å²) in [6.07, 6.45) is 3.85. The Kier molecular flexibility index (Phi) is 5.57. The number of aromatic nitrogens is 1. The lowest BCUT2D eigenvalue weighted by molar-refractivity contribution is 0.331. The quantitative estimate of drug-likeness (QED) is 0.628. The Balaban J connectivity index is 2.79. The Hall–Kier alpha value is 0.0300. The van der Waals surface area contributed by atoms with Gasteiger partial charge >= 0.3 is 0 Å². The van der Waals surface area contributed by atoms with Gasteiger partial charge in [0.25, 0.3) is 0 Å². The molecule has 1 rings (SSSR count). The predicted octanol–water partition coefficient (Wildman–Crippen LogP) is 3.94. The highest BCUT2D eigenvalue weighted by Crippen LogP contribution is 2.30. The summed E-state index contributed by atoms with van der Waals surface area (Å²) < 4.78 is 1.93. The maximum atomic E-state index is 5.62. The van der Waals surface area contributed by atoms with Gasteiger partial charge in [-0.2, -0.15) is 0 Å². The largest absolute Gasteiger partial charge is 0.271 e. The molecule has 0 spiro atoms. The van der Waals surface area contributed by atoms with Crippen molar-refractivity contribution < 1.29 is 0 Å². The van der Waals surface area contributed by atoms with Crippen LogP contribution in [0.3, 0.4) is 0 Å². The number of rotatable bonds is 4. The van der Waals surface area contributed by atoms with E-state index in [1.54, 1.807) is 6.20 Å². The van der Waals surface area contributed by atoms with Crippen LogP contribution in [0.25, 0.3) is 0 Å². The van der Waals surface area contributed by atoms with Gasteiger partial charge in [0.1, 0.15) is 0 Å². The van der Waals surface area contributed by atoms with E-state index in [-0.39, 0.29) is 6.04 Å². The first-order chi connectivity index (χ1) is 7.83. The van der Waals surface area contributed by atoms with Crippen LogP contribution in [0.15, 0.2) is 21.2 Å². The fraction of sp³-hybridized carbons (Fsp3) is 0.583. The summed E-state index contributed by atoms with van der Waals surface area (Å²) in [5.41, 5.74) is 4.10. The van der Waals surface area contributed by atoms with E-state index in [0.29, 0.717) is 5.41 Å². The molecule has 96 valence electrons. The van der Waals surface area contributed by atoms with Crippen molar-refractivity contribution in [3.8, 4) is 0 Å². The molecule has 0 bridgehead atoms. The average molecular weight is 365 g/mol. The second-order valence-electron chi connectivity index (χ2n) is 5.34. The topological polar surface area (TPSA) is 50.9 Å². The lowest BCUT2D eigenvalue weighted by Crippen LogP contribution is -2.29. The van der Waals surface area contributed by atoms with E-state index in [1.807, 2.05) is 6.07 Å². The molecule has 1 heterocycles. The molecule has 0 saturated heterocycles. The van der Waals surface area contributed by atoms with Gasteiger partial charge in [0, 0.05) is 15.1 Å². The highest BCUT2D eigenvalue weighted by molar-refractivity contribution is 9.11. The van der Waals surface area contributed by atoms with Crippen molar-refractivity contribution in [2.45, 2.75) is 39.7 Å². The SMILES string of the molecule is CC(C)(C)CCC(NN)c1ncc(Br)cc1Br. The molecular weight excluding hydrogens is 346 g/mol. The third kappa shape index (κ3) is 5.04. The van der Waals surface area contributed by atoms with Gasteiger partial charge in [-0.05, 0) is 56.2 Å². The molecular formula is C12H19Br2N3. The Bertz CT molecular complexity index is 375. The first kappa shape index (κ1) is 15.1. The fourth-order valence-electron chi connectivity index (χ4n) is 1.56. The summed E-state index contributed by atoms with van der Waals surface area (Å²) in [6, 6.07) is 2.07. The molecule has 1 aromatic rings. The zero-order chi connectivity index (χ0) is 13.1. The third-order valence-corrected chi connectivity index (χ3v) is 3.62. The third-order valence-electron chi connectivity index (χ3n) is 2.55. The first-order valence-electron chi connectivity index (χ1n) is 5.60. The maximum Gasteiger partial charge on any atom is 0.0729 e. The van der Waals surface area contributed by atoms with E-state index in [2.05, 4.69) is 63.0 Å². The van der Waals surface area contributed by atoms with Crippen LogP contribution in [-0.4, -0.2) is 4.98 Å². The van der Waals surface area contributed by atoms with Crippen molar-refractivity contribution in [2.24, 2.45) is 11.3 Å². The molecule has 0 saturated carbocycles. The van der Waals surface area contributed by atoms with Crippen LogP contribution < -0.4 is 11.3 Å². The smallest absolute Gasteiger partial charge is 0.0729 e. The van der Waals surface area contributed by atoms with Crippen molar-refractivity contribution in [3.63, 3.8) is 0 Å². The maximum absolute atomic E-state index is 5.62. The van der Waals surface area contributed by atoms with Gasteiger partial charge in [-0.3, -0.25) is 16.3 Å². The van der Waals surface area contributed by atoms with Crippen molar-refractivity contribution in [1.29, 1.82) is 0 Å². The number of hydrogen-bond donors (Lipinski definition) is 2. The van der Waals surface area contributed by atoms with Gasteiger partial charge < -0.3 is 0 Å². The molecule has 3 nitrogen and oxygen atoms in total. The molecule has 0 aliphatic rings. The number of nitrogens with zero attached hydrogens (tertiary/aromatic N) is 1. The van der Waals surface area contributed by atoms with Gasteiger partial charge in [-0.15, -0.1) is 0 Å². The van der Waals surface area contributed by atoms with Crippen molar-refractivity contribution in [2.75, 3.05) is 0 Å². The Morgan fingerprint density at radius 1 is 1.41 bits per heavy atom. The van der Waals surface area contributed by atoms with Crippen LogP contribution in [0.4, 0.5) is 0 Å². The van der Waals surface area contributed by atoms with Crippen molar-refractivity contribution in [3.05, 3.63) is 26.9 Å². The van der Waals surface area contributed by atoms with Crippen molar-refractivity contribution in [1.82, 2.24) is 10.4 Å². The minimum atomic E-state index is 0.0803. The molecule has 0 radical (unpaired) electrons. The standard InChI is InChI=1S/C12H19Br2N3/c1-12(2,3)5-4-10(17-15)11-9(14)6-8(13)7-16-11/h6-7,10,17H,4-5,15H2,1-3H3. The second kappa shape index (κ2) is 6.27. The molecule has 0 aliphatic carbocycles. The molecule has 1 aromatic heterocycles. The van der Waals surface area contributed by atoms with Crippen LogP contribution in [0, 0.1) is 5.41 Å². The summed E-state index contributed by atoms with van der Waals surface area (Å²) in [5, 5.41) is 0. The van der Waals surface area contributed by atoms with Gasteiger partial charge in [0.2, 0.25) is 0 Å². The molecule has 0 amide bonds. The normalized spacial score (nSPS) is 13.8. The van der Waals surface area contributed by atoms with Gasteiger partial charge in [0.05, 0.1) is 11.7 Å².